The van der Waals surface area contributed by atoms with Crippen molar-refractivity contribution in [1.29, 1.82) is 0 Å². The van der Waals surface area contributed by atoms with Crippen molar-refractivity contribution in [3.63, 3.8) is 0 Å². The van der Waals surface area contributed by atoms with Crippen molar-refractivity contribution in [1.82, 2.24) is 10.6 Å². The van der Waals surface area contributed by atoms with Crippen LogP contribution in [0.25, 0.3) is 0 Å². The monoisotopic (exact) mass is 395 g/mol. The van der Waals surface area contributed by atoms with Gasteiger partial charge in [-0.05, 0) is 37.3 Å². The number of rotatable bonds is 6. The molecule has 154 valence electrons. The minimum Gasteiger partial charge on any atom is -0.377 e. The van der Waals surface area contributed by atoms with E-state index in [2.05, 4.69) is 21.7 Å². The maximum atomic E-state index is 13.1. The van der Waals surface area contributed by atoms with Gasteiger partial charge in [-0.1, -0.05) is 36.3 Å². The fourth-order valence-corrected chi connectivity index (χ4v) is 3.80. The van der Waals surface area contributed by atoms with Crippen LogP contribution in [0.5, 0.6) is 0 Å². The van der Waals surface area contributed by atoms with E-state index in [1.54, 1.807) is 7.05 Å². The van der Waals surface area contributed by atoms with Crippen molar-refractivity contribution in [2.75, 3.05) is 33.4 Å². The molecule has 2 N–H and O–H groups in total. The lowest BCUT2D eigenvalue weighted by Gasteiger charge is -2.43. The maximum Gasteiger partial charge on any atom is 0.416 e. The first-order valence-electron chi connectivity index (χ1n) is 9.81. The van der Waals surface area contributed by atoms with Crippen LogP contribution in [0.3, 0.4) is 0 Å². The normalized spacial score (nSPS) is 19.6. The molecular formula is C21H28F3N3O. The number of nitrogens with one attached hydrogen (secondary N) is 2. The molecule has 3 rings (SSSR count). The zero-order chi connectivity index (χ0) is 20.0. The van der Waals surface area contributed by atoms with E-state index in [1.807, 2.05) is 6.07 Å². The zero-order valence-corrected chi connectivity index (χ0v) is 16.2. The second-order valence-electron chi connectivity index (χ2n) is 7.50. The first-order chi connectivity index (χ1) is 13.4. The summed E-state index contributed by atoms with van der Waals surface area (Å²) in [4.78, 5) is 4.25. The highest BCUT2D eigenvalue weighted by molar-refractivity contribution is 5.79. The standard InChI is InChI=1S/C21H28F3N3O/c1-25-19(26-11-6-16-7-12-28-13-8-16)27-15-20(9-3-10-20)17-4-2-5-18(14-17)21(22,23)24/h2,4-5,7,14H,3,6,8-13,15H2,1H3,(H2,25,26,27). The summed E-state index contributed by atoms with van der Waals surface area (Å²) in [5.74, 6) is 0.686. The quantitative estimate of drug-likeness (QED) is 0.434. The van der Waals surface area contributed by atoms with Gasteiger partial charge in [0.2, 0.25) is 0 Å². The summed E-state index contributed by atoms with van der Waals surface area (Å²) in [7, 11) is 1.71. The predicted molar refractivity (Wildman–Crippen MR) is 104 cm³/mol. The summed E-state index contributed by atoms with van der Waals surface area (Å²) in [6.07, 6.45) is 2.49. The third-order valence-electron chi connectivity index (χ3n) is 5.73. The Labute approximate surface area is 164 Å². The van der Waals surface area contributed by atoms with Gasteiger partial charge in [0.1, 0.15) is 0 Å². The fourth-order valence-electron chi connectivity index (χ4n) is 3.80. The first-order valence-corrected chi connectivity index (χ1v) is 9.81. The second-order valence-corrected chi connectivity index (χ2v) is 7.50. The summed E-state index contributed by atoms with van der Waals surface area (Å²) in [6, 6.07) is 5.75. The molecule has 0 saturated heterocycles. The number of nitrogens with zero attached hydrogens (tertiary/aromatic N) is 1. The molecular weight excluding hydrogens is 367 g/mol. The van der Waals surface area contributed by atoms with Crippen molar-refractivity contribution in [2.45, 2.75) is 43.7 Å². The number of hydrogen-bond acceptors (Lipinski definition) is 2. The van der Waals surface area contributed by atoms with Crippen LogP contribution < -0.4 is 10.6 Å². The summed E-state index contributed by atoms with van der Waals surface area (Å²) in [5.41, 5.74) is 1.29. The molecule has 0 atom stereocenters. The Balaban J connectivity index is 1.57. The van der Waals surface area contributed by atoms with Crippen LogP contribution in [-0.4, -0.2) is 39.3 Å². The van der Waals surface area contributed by atoms with Gasteiger partial charge in [-0.3, -0.25) is 4.99 Å². The molecule has 1 saturated carbocycles. The Morgan fingerprint density at radius 2 is 2.07 bits per heavy atom. The van der Waals surface area contributed by atoms with Crippen molar-refractivity contribution in [3.8, 4) is 0 Å². The molecule has 1 aromatic carbocycles. The van der Waals surface area contributed by atoms with E-state index in [1.165, 1.54) is 17.7 Å². The van der Waals surface area contributed by atoms with E-state index in [9.17, 15) is 13.2 Å². The van der Waals surface area contributed by atoms with Crippen LogP contribution in [0.4, 0.5) is 13.2 Å². The van der Waals surface area contributed by atoms with Crippen LogP contribution in [0.2, 0.25) is 0 Å². The molecule has 1 heterocycles. The average Bonchev–Trinajstić information content (AvgIpc) is 2.66. The number of ether oxygens (including phenoxy) is 1. The molecule has 7 heteroatoms. The van der Waals surface area contributed by atoms with Gasteiger partial charge >= 0.3 is 6.18 Å². The molecule has 0 aromatic heterocycles. The van der Waals surface area contributed by atoms with E-state index in [-0.39, 0.29) is 5.41 Å². The lowest BCUT2D eigenvalue weighted by Crippen LogP contribution is -2.49. The van der Waals surface area contributed by atoms with Gasteiger partial charge in [0, 0.05) is 25.6 Å². The highest BCUT2D eigenvalue weighted by Gasteiger charge is 2.40. The number of hydrogen-bond donors (Lipinski definition) is 2. The van der Waals surface area contributed by atoms with E-state index < -0.39 is 11.7 Å². The maximum absolute atomic E-state index is 13.1. The minimum absolute atomic E-state index is 0.262. The lowest BCUT2D eigenvalue weighted by molar-refractivity contribution is -0.137. The van der Waals surface area contributed by atoms with Gasteiger partial charge in [0.05, 0.1) is 18.8 Å². The van der Waals surface area contributed by atoms with Gasteiger partial charge in [-0.15, -0.1) is 0 Å². The third-order valence-corrected chi connectivity index (χ3v) is 5.73. The van der Waals surface area contributed by atoms with Gasteiger partial charge in [-0.25, -0.2) is 0 Å². The fraction of sp³-hybridized carbons (Fsp3) is 0.571. The summed E-state index contributed by atoms with van der Waals surface area (Å²) in [5, 5.41) is 6.62. The smallest absolute Gasteiger partial charge is 0.377 e. The molecule has 0 radical (unpaired) electrons. The zero-order valence-electron chi connectivity index (χ0n) is 16.2. The van der Waals surface area contributed by atoms with Gasteiger partial charge in [0.25, 0.3) is 0 Å². The largest absolute Gasteiger partial charge is 0.416 e. The molecule has 0 spiro atoms. The van der Waals surface area contributed by atoms with Crippen molar-refractivity contribution in [3.05, 3.63) is 47.0 Å². The van der Waals surface area contributed by atoms with Crippen molar-refractivity contribution >= 4 is 5.96 Å². The van der Waals surface area contributed by atoms with E-state index in [0.29, 0.717) is 19.1 Å². The highest BCUT2D eigenvalue weighted by Crippen LogP contribution is 2.44. The van der Waals surface area contributed by atoms with Gasteiger partial charge in [-0.2, -0.15) is 13.2 Å². The van der Waals surface area contributed by atoms with E-state index in [0.717, 1.165) is 56.9 Å². The number of guanidine groups is 1. The summed E-state index contributed by atoms with van der Waals surface area (Å²) in [6.45, 7) is 2.80. The van der Waals surface area contributed by atoms with Crippen molar-refractivity contribution < 1.29 is 17.9 Å². The Morgan fingerprint density at radius 1 is 1.25 bits per heavy atom. The first kappa shape index (κ1) is 20.7. The van der Waals surface area contributed by atoms with Crippen LogP contribution in [0.15, 0.2) is 40.9 Å². The molecule has 1 aliphatic heterocycles. The van der Waals surface area contributed by atoms with Gasteiger partial charge < -0.3 is 15.4 Å². The van der Waals surface area contributed by atoms with Crippen molar-refractivity contribution in [2.24, 2.45) is 4.99 Å². The molecule has 2 aliphatic rings. The van der Waals surface area contributed by atoms with Crippen LogP contribution in [-0.2, 0) is 16.3 Å². The Morgan fingerprint density at radius 3 is 2.68 bits per heavy atom. The molecule has 0 bridgehead atoms. The Hall–Kier alpha value is -2.02. The highest BCUT2D eigenvalue weighted by atomic mass is 19.4. The number of alkyl halides is 3. The predicted octanol–water partition coefficient (Wildman–Crippen LogP) is 4.03. The average molecular weight is 395 g/mol. The van der Waals surface area contributed by atoms with Gasteiger partial charge in [0.15, 0.2) is 5.96 Å². The lowest BCUT2D eigenvalue weighted by atomic mass is 9.64. The topological polar surface area (TPSA) is 45.7 Å². The van der Waals surface area contributed by atoms with Crippen LogP contribution in [0.1, 0.15) is 43.2 Å². The summed E-state index contributed by atoms with van der Waals surface area (Å²) < 4.78 is 44.6. The SMILES string of the molecule is CN=C(NCCC1=CCOCC1)NCC1(c2cccc(C(F)(F)F)c2)CCC1. The van der Waals surface area contributed by atoms with E-state index in [4.69, 9.17) is 4.74 Å². The second kappa shape index (κ2) is 8.99. The summed E-state index contributed by atoms with van der Waals surface area (Å²) >= 11 is 0. The number of aliphatic imine (C=N–C) groups is 1. The van der Waals surface area contributed by atoms with Crippen LogP contribution >= 0.6 is 0 Å². The molecule has 1 aliphatic carbocycles. The molecule has 1 fully saturated rings. The van der Waals surface area contributed by atoms with Crippen LogP contribution in [0, 0.1) is 0 Å². The molecule has 0 amide bonds. The Kier molecular flexibility index (Phi) is 6.65. The number of halogens is 3. The Bertz CT molecular complexity index is 724. The molecule has 0 unspecified atom stereocenters. The molecule has 28 heavy (non-hydrogen) atoms. The number of benzene rings is 1. The molecule has 4 nitrogen and oxygen atoms in total. The third kappa shape index (κ3) is 5.07. The minimum atomic E-state index is -4.31. The molecule has 1 aromatic rings. The van der Waals surface area contributed by atoms with E-state index >= 15 is 0 Å².